The number of aryl methyl sites for hydroxylation is 1. The van der Waals surface area contributed by atoms with Gasteiger partial charge in [-0.1, -0.05) is 32.1 Å². The van der Waals surface area contributed by atoms with E-state index in [1.54, 1.807) is 49.2 Å². The van der Waals surface area contributed by atoms with Crippen molar-refractivity contribution >= 4 is 18.0 Å². The Hall–Kier alpha value is -3.17. The summed E-state index contributed by atoms with van der Waals surface area (Å²) in [5.74, 6) is -3.32. The highest BCUT2D eigenvalue weighted by atomic mass is 16.7. The number of aliphatic hydroxyl groups excluding tert-OH is 2. The van der Waals surface area contributed by atoms with E-state index in [0.29, 0.717) is 11.3 Å². The van der Waals surface area contributed by atoms with Gasteiger partial charge in [-0.05, 0) is 56.3 Å². The van der Waals surface area contributed by atoms with Gasteiger partial charge >= 0.3 is 11.9 Å². The molecule has 1 saturated heterocycles. The Morgan fingerprint density at radius 3 is 2.58 bits per heavy atom. The molecule has 1 aromatic heterocycles. The number of hydrogen-bond acceptors (Lipinski definition) is 12. The molecule has 48 heavy (non-hydrogen) atoms. The highest BCUT2D eigenvalue weighted by Crippen LogP contribution is 2.50. The third-order valence-electron chi connectivity index (χ3n) is 9.85. The second kappa shape index (κ2) is 14.0. The summed E-state index contributed by atoms with van der Waals surface area (Å²) in [5, 5.41) is 32.6. The van der Waals surface area contributed by atoms with Gasteiger partial charge in [0.05, 0.1) is 30.8 Å². The summed E-state index contributed by atoms with van der Waals surface area (Å²) in [6, 6.07) is 0. The molecule has 0 unspecified atom stereocenters. The Morgan fingerprint density at radius 2 is 1.94 bits per heavy atom. The van der Waals surface area contributed by atoms with Gasteiger partial charge in [0.1, 0.15) is 23.9 Å². The first-order valence-electron chi connectivity index (χ1n) is 16.3. The van der Waals surface area contributed by atoms with Gasteiger partial charge in [-0.3, -0.25) is 4.79 Å². The predicted molar refractivity (Wildman–Crippen MR) is 172 cm³/mol. The number of nitrogens with zero attached hydrogens (tertiary/aromatic N) is 2. The number of carbonyl (C=O) groups is 2. The zero-order chi connectivity index (χ0) is 35.0. The van der Waals surface area contributed by atoms with Gasteiger partial charge in [-0.15, -0.1) is 0 Å². The van der Waals surface area contributed by atoms with Crippen LogP contribution in [0.1, 0.15) is 46.7 Å². The summed E-state index contributed by atoms with van der Waals surface area (Å²) in [6.45, 7) is 8.55. The van der Waals surface area contributed by atoms with Crippen molar-refractivity contribution in [2.45, 2.75) is 88.7 Å². The van der Waals surface area contributed by atoms with E-state index in [1.807, 2.05) is 25.3 Å². The first-order chi connectivity index (χ1) is 22.6. The minimum absolute atomic E-state index is 0.0235. The number of rotatable bonds is 9. The summed E-state index contributed by atoms with van der Waals surface area (Å²) < 4.78 is 37.8. The largest absolute Gasteiger partial charge is 0.456 e. The van der Waals surface area contributed by atoms with Crippen LogP contribution in [-0.2, 0) is 45.1 Å². The maximum atomic E-state index is 13.3. The average Bonchev–Trinajstić information content (AvgIpc) is 3.61. The van der Waals surface area contributed by atoms with Crippen LogP contribution >= 0.6 is 0 Å². The van der Waals surface area contributed by atoms with Crippen LogP contribution in [0.4, 0.5) is 0 Å². The maximum Gasteiger partial charge on any atom is 0.331 e. The van der Waals surface area contributed by atoms with Crippen LogP contribution in [0.3, 0.4) is 0 Å². The molecule has 0 amide bonds. The second-order valence-corrected chi connectivity index (χ2v) is 13.9. The van der Waals surface area contributed by atoms with Gasteiger partial charge in [0.2, 0.25) is 5.79 Å². The SMILES string of the molecule is CO[C@]12C=C[C@](C)(O1)[C@@H](OC(=O)/C=C/c1cn(C)cn1)C[C@H]1[C@H](/C=C\2CO[C@@H]2OC[C@@H](O)[C@@H](O)[C@H]2OC(C)=O)[C@H](C(C)C)C=C[C@@]1(C)O. The van der Waals surface area contributed by atoms with E-state index in [0.717, 1.165) is 0 Å². The van der Waals surface area contributed by atoms with Gasteiger partial charge in [0, 0.05) is 44.8 Å². The number of esters is 2. The lowest BCUT2D eigenvalue weighted by Gasteiger charge is -2.45. The Bertz CT molecular complexity index is 1460. The molecule has 13 heteroatoms. The molecule has 0 aromatic carbocycles. The standard InChI is InChI=1S/C35H48N2O11/c1-20(2)24-10-11-33(4,42)26-15-28(47-29(40)9-8-23-16-37(6)19-36-23)34(5)12-13-35(43-7,48-34)22(14-25(24)26)17-44-32-31(46-21(3)38)30(41)27(39)18-45-32/h8-14,16,19-20,24-28,30-32,39,41-42H,15,17-18H2,1-7H3/b9-8+,22-14-/t24-,25+,26-,27+,28-,30+,31+,32+,33+,34-,35+/m0/s1. The number of hydrogen-bond donors (Lipinski definition) is 3. The zero-order valence-corrected chi connectivity index (χ0v) is 28.5. The lowest BCUT2D eigenvalue weighted by atomic mass is 9.63. The molecule has 3 N–H and O–H groups in total. The third kappa shape index (κ3) is 7.37. The number of methoxy groups -OCH3 is 1. The number of fused-ring (bicyclic) bond motifs is 3. The smallest absolute Gasteiger partial charge is 0.331 e. The van der Waals surface area contributed by atoms with Crippen LogP contribution in [0.2, 0.25) is 0 Å². The molecule has 264 valence electrons. The summed E-state index contributed by atoms with van der Waals surface area (Å²) in [7, 11) is 3.32. The van der Waals surface area contributed by atoms with Crippen molar-refractivity contribution in [3.8, 4) is 0 Å². The number of ether oxygens (including phenoxy) is 6. The van der Waals surface area contributed by atoms with E-state index in [9.17, 15) is 24.9 Å². The lowest BCUT2D eigenvalue weighted by molar-refractivity contribution is -0.277. The second-order valence-electron chi connectivity index (χ2n) is 13.9. The number of aromatic nitrogens is 2. The van der Waals surface area contributed by atoms with Gasteiger partial charge in [-0.25, -0.2) is 9.78 Å². The molecule has 11 atom stereocenters. The molecular weight excluding hydrogens is 624 g/mol. The molecule has 1 fully saturated rings. The fraction of sp³-hybridized carbons (Fsp3) is 0.629. The fourth-order valence-electron chi connectivity index (χ4n) is 7.14. The Kier molecular flexibility index (Phi) is 10.5. The maximum absolute atomic E-state index is 13.3. The Labute approximate surface area is 280 Å². The molecule has 1 aliphatic carbocycles. The van der Waals surface area contributed by atoms with E-state index >= 15 is 0 Å². The monoisotopic (exact) mass is 672 g/mol. The van der Waals surface area contributed by atoms with E-state index in [2.05, 4.69) is 18.8 Å². The van der Waals surface area contributed by atoms with Crippen molar-refractivity contribution in [1.82, 2.24) is 9.55 Å². The number of imidazole rings is 1. The van der Waals surface area contributed by atoms with Gasteiger partial charge in [0.25, 0.3) is 0 Å². The molecular formula is C35H48N2O11. The van der Waals surface area contributed by atoms with Gasteiger partial charge in [-0.2, -0.15) is 0 Å². The van der Waals surface area contributed by atoms with Crippen molar-refractivity contribution in [3.63, 3.8) is 0 Å². The predicted octanol–water partition coefficient (Wildman–Crippen LogP) is 2.21. The van der Waals surface area contributed by atoms with Crippen molar-refractivity contribution in [2.75, 3.05) is 20.3 Å². The number of allylic oxidation sites excluding steroid dienone is 2. The summed E-state index contributed by atoms with van der Waals surface area (Å²) in [4.78, 5) is 29.4. The molecule has 0 spiro atoms. The first-order valence-corrected chi connectivity index (χ1v) is 16.3. The number of carbonyl (C=O) groups excluding carboxylic acids is 2. The summed E-state index contributed by atoms with van der Waals surface area (Å²) >= 11 is 0. The first kappa shape index (κ1) is 36.1. The highest BCUT2D eigenvalue weighted by molar-refractivity contribution is 5.86. The third-order valence-corrected chi connectivity index (χ3v) is 9.85. The molecule has 3 aliphatic heterocycles. The van der Waals surface area contributed by atoms with Crippen molar-refractivity contribution in [1.29, 1.82) is 0 Å². The van der Waals surface area contributed by atoms with E-state index < -0.39 is 65.6 Å². The molecule has 13 nitrogen and oxygen atoms in total. The molecule has 0 radical (unpaired) electrons. The van der Waals surface area contributed by atoms with Gasteiger partial charge in [0.15, 0.2) is 12.4 Å². The zero-order valence-electron chi connectivity index (χ0n) is 28.5. The minimum Gasteiger partial charge on any atom is -0.456 e. The average molecular weight is 673 g/mol. The van der Waals surface area contributed by atoms with Crippen LogP contribution in [0.25, 0.3) is 6.08 Å². The Balaban J connectivity index is 1.52. The minimum atomic E-state index is -1.48. The lowest BCUT2D eigenvalue weighted by Crippen LogP contribution is -2.55. The van der Waals surface area contributed by atoms with Crippen LogP contribution < -0.4 is 0 Å². The molecule has 4 aliphatic rings. The highest BCUT2D eigenvalue weighted by Gasteiger charge is 2.55. The quantitative estimate of drug-likeness (QED) is 0.199. The molecule has 2 bridgehead atoms. The van der Waals surface area contributed by atoms with Crippen molar-refractivity contribution in [2.24, 2.45) is 30.7 Å². The van der Waals surface area contributed by atoms with E-state index in [-0.39, 0.29) is 37.4 Å². The molecule has 4 heterocycles. The number of aliphatic hydroxyl groups is 3. The van der Waals surface area contributed by atoms with Gasteiger partial charge < -0.3 is 48.3 Å². The van der Waals surface area contributed by atoms with Crippen LogP contribution in [0.15, 0.2) is 54.6 Å². The topological polar surface area (TPSA) is 168 Å². The summed E-state index contributed by atoms with van der Waals surface area (Å²) in [5.41, 5.74) is -1.33. The Morgan fingerprint density at radius 1 is 1.19 bits per heavy atom. The van der Waals surface area contributed by atoms with Crippen molar-refractivity contribution < 1.29 is 53.3 Å². The molecule has 5 rings (SSSR count). The molecule has 0 saturated carbocycles. The fourth-order valence-corrected chi connectivity index (χ4v) is 7.14. The van der Waals surface area contributed by atoms with E-state index in [4.69, 9.17) is 28.4 Å². The van der Waals surface area contributed by atoms with Crippen LogP contribution in [0.5, 0.6) is 0 Å². The summed E-state index contributed by atoms with van der Waals surface area (Å²) in [6.07, 6.45) is 9.87. The van der Waals surface area contributed by atoms with Crippen LogP contribution in [-0.4, -0.2) is 105 Å². The van der Waals surface area contributed by atoms with Crippen LogP contribution in [0, 0.1) is 23.7 Å². The van der Waals surface area contributed by atoms with Crippen molar-refractivity contribution in [3.05, 3.63) is 60.2 Å². The normalized spacial score (nSPS) is 40.5. The van der Waals surface area contributed by atoms with E-state index in [1.165, 1.54) is 20.1 Å². The molecule has 1 aromatic rings.